The number of nitrogens with zero attached hydrogens (tertiary/aromatic N) is 2. The Hall–Kier alpha value is -2.48. The molecule has 184 valence electrons. The zero-order chi connectivity index (χ0) is 24.3. The van der Waals surface area contributed by atoms with Crippen molar-refractivity contribution in [2.75, 3.05) is 23.7 Å². The SMILES string of the molecule is O=C1CN(S(=O)(=O)CCc2ccccc2)CC(C2CCCCC2)N1c1csc(-c2ccccc2)c1. The van der Waals surface area contributed by atoms with Crippen molar-refractivity contribution in [2.45, 2.75) is 44.6 Å². The first-order valence-corrected chi connectivity index (χ1v) is 15.0. The summed E-state index contributed by atoms with van der Waals surface area (Å²) in [4.78, 5) is 16.6. The van der Waals surface area contributed by atoms with Crippen LogP contribution in [0.5, 0.6) is 0 Å². The van der Waals surface area contributed by atoms with Crippen LogP contribution in [0.4, 0.5) is 5.69 Å². The van der Waals surface area contributed by atoms with Gasteiger partial charge < -0.3 is 4.90 Å². The molecule has 1 aliphatic carbocycles. The lowest BCUT2D eigenvalue weighted by Crippen LogP contribution is -2.60. The molecule has 2 aromatic carbocycles. The molecule has 0 spiro atoms. The summed E-state index contributed by atoms with van der Waals surface area (Å²) < 4.78 is 28.1. The van der Waals surface area contributed by atoms with Crippen molar-refractivity contribution in [3.05, 3.63) is 77.7 Å². The highest BCUT2D eigenvalue weighted by atomic mass is 32.2. The van der Waals surface area contributed by atoms with Crippen molar-refractivity contribution >= 4 is 33.0 Å². The number of benzene rings is 2. The highest BCUT2D eigenvalue weighted by Gasteiger charge is 2.42. The van der Waals surface area contributed by atoms with Crippen molar-refractivity contribution in [1.82, 2.24) is 4.31 Å². The first kappa shape index (κ1) is 24.2. The molecule has 1 aliphatic heterocycles. The standard InChI is InChI=1S/C28H32N2O3S2/c31-28-20-29(35(32,33)17-16-22-10-4-1-5-11-22)19-26(23-12-6-2-7-13-23)30(28)25-18-27(34-21-25)24-14-8-3-9-15-24/h1,3-5,8-11,14-15,18,21,23,26H,2,6-7,12-13,16-17,19-20H2. The van der Waals surface area contributed by atoms with E-state index < -0.39 is 10.0 Å². The molecule has 2 heterocycles. The number of anilines is 1. The van der Waals surface area contributed by atoms with E-state index in [-0.39, 0.29) is 24.2 Å². The summed E-state index contributed by atoms with van der Waals surface area (Å²) in [6, 6.07) is 21.8. The summed E-state index contributed by atoms with van der Waals surface area (Å²) in [7, 11) is -3.54. The van der Waals surface area contributed by atoms with Gasteiger partial charge in [0.2, 0.25) is 15.9 Å². The van der Waals surface area contributed by atoms with E-state index in [0.29, 0.717) is 18.9 Å². The van der Waals surface area contributed by atoms with Crippen molar-refractivity contribution < 1.29 is 13.2 Å². The van der Waals surface area contributed by atoms with E-state index in [2.05, 4.69) is 23.6 Å². The van der Waals surface area contributed by atoms with Crippen molar-refractivity contribution in [3.63, 3.8) is 0 Å². The Morgan fingerprint density at radius 1 is 0.914 bits per heavy atom. The molecule has 0 radical (unpaired) electrons. The molecule has 1 saturated carbocycles. The van der Waals surface area contributed by atoms with Crippen LogP contribution in [-0.4, -0.2) is 43.5 Å². The molecule has 5 nitrogen and oxygen atoms in total. The quantitative estimate of drug-likeness (QED) is 0.418. The predicted octanol–water partition coefficient (Wildman–Crippen LogP) is 5.59. The third-order valence-corrected chi connectivity index (χ3v) is 10.1. The number of piperazine rings is 1. The molecular weight excluding hydrogens is 476 g/mol. The third-order valence-electron chi connectivity index (χ3n) is 7.30. The van der Waals surface area contributed by atoms with E-state index in [9.17, 15) is 13.2 Å². The van der Waals surface area contributed by atoms with Gasteiger partial charge in [-0.1, -0.05) is 79.9 Å². The van der Waals surface area contributed by atoms with Gasteiger partial charge in [-0.15, -0.1) is 11.3 Å². The van der Waals surface area contributed by atoms with Crippen molar-refractivity contribution in [1.29, 1.82) is 0 Å². The summed E-state index contributed by atoms with van der Waals surface area (Å²) in [5.74, 6) is 0.227. The van der Waals surface area contributed by atoms with Crippen LogP contribution in [0.1, 0.15) is 37.7 Å². The summed E-state index contributed by atoms with van der Waals surface area (Å²) in [6.45, 7) is 0.293. The predicted molar refractivity (Wildman–Crippen MR) is 143 cm³/mol. The molecule has 1 atom stereocenters. The second-order valence-corrected chi connectivity index (χ2v) is 12.6. The fourth-order valence-electron chi connectivity index (χ4n) is 5.42. The molecular formula is C28H32N2O3S2. The molecule has 7 heteroatoms. The Morgan fingerprint density at radius 2 is 1.60 bits per heavy atom. The van der Waals surface area contributed by atoms with E-state index in [0.717, 1.165) is 47.4 Å². The summed E-state index contributed by atoms with van der Waals surface area (Å²) in [6.07, 6.45) is 6.04. The number of amides is 1. The Kier molecular flexibility index (Phi) is 7.37. The lowest BCUT2D eigenvalue weighted by atomic mass is 9.82. The number of thiophene rings is 1. The number of aryl methyl sites for hydroxylation is 1. The fraction of sp³-hybridized carbons (Fsp3) is 0.393. The van der Waals surface area contributed by atoms with Gasteiger partial charge in [-0.3, -0.25) is 4.79 Å². The first-order valence-electron chi connectivity index (χ1n) is 12.5. The fourth-order valence-corrected chi connectivity index (χ4v) is 7.75. The van der Waals surface area contributed by atoms with E-state index in [1.54, 1.807) is 11.3 Å². The Bertz CT molecular complexity index is 1240. The average molecular weight is 509 g/mol. The Labute approximate surface area is 212 Å². The molecule has 1 saturated heterocycles. The van der Waals surface area contributed by atoms with Crippen LogP contribution >= 0.6 is 11.3 Å². The van der Waals surface area contributed by atoms with Gasteiger partial charge in [0.1, 0.15) is 0 Å². The highest BCUT2D eigenvalue weighted by molar-refractivity contribution is 7.89. The smallest absolute Gasteiger partial charge is 0.242 e. The topological polar surface area (TPSA) is 57.7 Å². The number of hydrogen-bond acceptors (Lipinski definition) is 4. The maximum absolute atomic E-state index is 13.5. The van der Waals surface area contributed by atoms with Crippen LogP contribution in [0.25, 0.3) is 10.4 Å². The van der Waals surface area contributed by atoms with Gasteiger partial charge in [0.25, 0.3) is 0 Å². The second-order valence-electron chi connectivity index (χ2n) is 9.61. The molecule has 1 aromatic heterocycles. The van der Waals surface area contributed by atoms with E-state index in [1.165, 1.54) is 10.7 Å². The third kappa shape index (κ3) is 5.52. The maximum Gasteiger partial charge on any atom is 0.242 e. The zero-order valence-corrected chi connectivity index (χ0v) is 21.5. The van der Waals surface area contributed by atoms with Crippen LogP contribution in [0.3, 0.4) is 0 Å². The van der Waals surface area contributed by atoms with Crippen LogP contribution in [0.2, 0.25) is 0 Å². The Balaban J connectivity index is 1.39. The van der Waals surface area contributed by atoms with Crippen molar-refractivity contribution in [2.24, 2.45) is 5.92 Å². The van der Waals surface area contributed by atoms with Gasteiger partial charge >= 0.3 is 0 Å². The van der Waals surface area contributed by atoms with E-state index >= 15 is 0 Å². The lowest BCUT2D eigenvalue weighted by Gasteiger charge is -2.44. The molecule has 2 fully saturated rings. The highest BCUT2D eigenvalue weighted by Crippen LogP contribution is 2.38. The van der Waals surface area contributed by atoms with Crippen LogP contribution in [-0.2, 0) is 21.2 Å². The molecule has 0 N–H and O–H groups in total. The van der Waals surface area contributed by atoms with Gasteiger partial charge in [-0.2, -0.15) is 4.31 Å². The maximum atomic E-state index is 13.5. The minimum atomic E-state index is -3.54. The second kappa shape index (κ2) is 10.6. The molecule has 2 aliphatic rings. The van der Waals surface area contributed by atoms with Gasteiger partial charge in [-0.25, -0.2) is 8.42 Å². The van der Waals surface area contributed by atoms with E-state index in [4.69, 9.17) is 0 Å². The lowest BCUT2D eigenvalue weighted by molar-refractivity contribution is -0.121. The zero-order valence-electron chi connectivity index (χ0n) is 19.9. The minimum absolute atomic E-state index is 0.0261. The average Bonchev–Trinajstić information content (AvgIpc) is 3.38. The van der Waals surface area contributed by atoms with Gasteiger partial charge in [0.15, 0.2) is 0 Å². The molecule has 35 heavy (non-hydrogen) atoms. The van der Waals surface area contributed by atoms with Gasteiger partial charge in [0.05, 0.1) is 24.0 Å². The summed E-state index contributed by atoms with van der Waals surface area (Å²) in [5, 5.41) is 2.05. The molecule has 1 unspecified atom stereocenters. The minimum Gasteiger partial charge on any atom is -0.306 e. The van der Waals surface area contributed by atoms with E-state index in [1.807, 2.05) is 53.4 Å². The molecule has 3 aromatic rings. The monoisotopic (exact) mass is 508 g/mol. The summed E-state index contributed by atoms with van der Waals surface area (Å²) in [5.41, 5.74) is 3.03. The number of sulfonamides is 1. The molecule has 5 rings (SSSR count). The molecule has 0 bridgehead atoms. The Morgan fingerprint density at radius 3 is 2.31 bits per heavy atom. The number of carbonyl (C=O) groups excluding carboxylic acids is 1. The van der Waals surface area contributed by atoms with Crippen LogP contribution < -0.4 is 4.90 Å². The summed E-state index contributed by atoms with van der Waals surface area (Å²) >= 11 is 1.63. The normalized spacial score (nSPS) is 20.3. The molecule has 1 amide bonds. The number of carbonyl (C=O) groups is 1. The van der Waals surface area contributed by atoms with Crippen LogP contribution in [0, 0.1) is 5.92 Å². The first-order chi connectivity index (χ1) is 17.0. The number of rotatable bonds is 7. The van der Waals surface area contributed by atoms with Crippen LogP contribution in [0.15, 0.2) is 72.1 Å². The van der Waals surface area contributed by atoms with Gasteiger partial charge in [-0.05, 0) is 42.4 Å². The number of hydrogen-bond donors (Lipinski definition) is 0. The van der Waals surface area contributed by atoms with Crippen molar-refractivity contribution in [3.8, 4) is 10.4 Å². The van der Waals surface area contributed by atoms with Gasteiger partial charge in [0, 0.05) is 16.8 Å². The largest absolute Gasteiger partial charge is 0.306 e.